The summed E-state index contributed by atoms with van der Waals surface area (Å²) in [4.78, 5) is 29.1. The standard InChI is InChI=1S/C9H11IN2O3/c1-4(2)6-5(10)8(13)12-7(11-6)9(14)15-3/h4H,1-3H3,(H,11,12,13). The van der Waals surface area contributed by atoms with Crippen molar-refractivity contribution >= 4 is 28.6 Å². The minimum absolute atomic E-state index is 0.0494. The molecule has 0 bridgehead atoms. The van der Waals surface area contributed by atoms with Crippen molar-refractivity contribution in [3.05, 3.63) is 25.4 Å². The molecule has 0 atom stereocenters. The summed E-state index contributed by atoms with van der Waals surface area (Å²) in [7, 11) is 1.25. The Labute approximate surface area is 100 Å². The van der Waals surface area contributed by atoms with Gasteiger partial charge in [0, 0.05) is 0 Å². The normalized spacial score (nSPS) is 10.5. The SMILES string of the molecule is COC(=O)c1nc(C(C)C)c(I)c(=O)[nH]1. The molecule has 1 rings (SSSR count). The molecule has 1 heterocycles. The Morgan fingerprint density at radius 2 is 2.13 bits per heavy atom. The lowest BCUT2D eigenvalue weighted by Gasteiger charge is -2.07. The summed E-state index contributed by atoms with van der Waals surface area (Å²) in [6.07, 6.45) is 0. The van der Waals surface area contributed by atoms with E-state index in [-0.39, 0.29) is 17.3 Å². The first-order valence-corrected chi connectivity index (χ1v) is 5.43. The van der Waals surface area contributed by atoms with Crippen LogP contribution in [0.2, 0.25) is 0 Å². The minimum atomic E-state index is -0.634. The molecule has 0 radical (unpaired) electrons. The second-order valence-electron chi connectivity index (χ2n) is 3.26. The molecule has 1 aromatic heterocycles. The number of carbonyl (C=O) groups is 1. The van der Waals surface area contributed by atoms with Crippen LogP contribution in [0.4, 0.5) is 0 Å². The average Bonchev–Trinajstić information content (AvgIpc) is 2.20. The molecule has 0 amide bonds. The summed E-state index contributed by atoms with van der Waals surface area (Å²) in [5.41, 5.74) is 0.300. The van der Waals surface area contributed by atoms with Crippen LogP contribution in [-0.2, 0) is 4.74 Å². The van der Waals surface area contributed by atoms with Gasteiger partial charge < -0.3 is 4.74 Å². The molecule has 5 nitrogen and oxygen atoms in total. The van der Waals surface area contributed by atoms with Crippen molar-refractivity contribution < 1.29 is 9.53 Å². The molecule has 0 unspecified atom stereocenters. The lowest BCUT2D eigenvalue weighted by atomic mass is 10.1. The van der Waals surface area contributed by atoms with Gasteiger partial charge in [-0.25, -0.2) is 9.78 Å². The van der Waals surface area contributed by atoms with E-state index in [1.54, 1.807) is 0 Å². The highest BCUT2D eigenvalue weighted by Crippen LogP contribution is 2.15. The molecule has 15 heavy (non-hydrogen) atoms. The first-order chi connectivity index (χ1) is 6.97. The topological polar surface area (TPSA) is 72.0 Å². The molecule has 0 aromatic carbocycles. The van der Waals surface area contributed by atoms with Crippen LogP contribution in [0, 0.1) is 3.57 Å². The summed E-state index contributed by atoms with van der Waals surface area (Å²) >= 11 is 1.91. The van der Waals surface area contributed by atoms with Crippen LogP contribution in [0.5, 0.6) is 0 Å². The largest absolute Gasteiger partial charge is 0.463 e. The zero-order valence-corrected chi connectivity index (χ0v) is 10.8. The summed E-state index contributed by atoms with van der Waals surface area (Å²) in [6.45, 7) is 3.82. The molecule has 0 aliphatic heterocycles. The van der Waals surface area contributed by atoms with E-state index < -0.39 is 5.97 Å². The number of halogens is 1. The van der Waals surface area contributed by atoms with Crippen molar-refractivity contribution in [3.8, 4) is 0 Å². The Morgan fingerprint density at radius 1 is 1.53 bits per heavy atom. The van der Waals surface area contributed by atoms with Gasteiger partial charge in [-0.15, -0.1) is 0 Å². The van der Waals surface area contributed by atoms with Gasteiger partial charge in [-0.1, -0.05) is 13.8 Å². The van der Waals surface area contributed by atoms with E-state index in [0.29, 0.717) is 9.26 Å². The summed E-state index contributed by atoms with van der Waals surface area (Å²) < 4.78 is 5.00. The Bertz CT molecular complexity index is 439. The quantitative estimate of drug-likeness (QED) is 0.658. The highest BCUT2D eigenvalue weighted by molar-refractivity contribution is 14.1. The number of aromatic amines is 1. The van der Waals surface area contributed by atoms with Gasteiger partial charge in [0.25, 0.3) is 5.56 Å². The molecule has 6 heteroatoms. The number of hydrogen-bond acceptors (Lipinski definition) is 4. The molecule has 0 aliphatic rings. The fourth-order valence-electron chi connectivity index (χ4n) is 1.05. The van der Waals surface area contributed by atoms with Crippen LogP contribution in [0.3, 0.4) is 0 Å². The van der Waals surface area contributed by atoms with E-state index in [9.17, 15) is 9.59 Å². The van der Waals surface area contributed by atoms with Crippen molar-refractivity contribution in [1.82, 2.24) is 9.97 Å². The third-order valence-corrected chi connectivity index (χ3v) is 2.86. The maximum absolute atomic E-state index is 11.5. The lowest BCUT2D eigenvalue weighted by Crippen LogP contribution is -2.22. The van der Waals surface area contributed by atoms with Crippen LogP contribution < -0.4 is 5.56 Å². The Morgan fingerprint density at radius 3 is 2.60 bits per heavy atom. The van der Waals surface area contributed by atoms with Crippen molar-refractivity contribution in [2.24, 2.45) is 0 Å². The zero-order valence-electron chi connectivity index (χ0n) is 8.63. The van der Waals surface area contributed by atoms with Crippen molar-refractivity contribution in [2.45, 2.75) is 19.8 Å². The number of H-pyrrole nitrogens is 1. The van der Waals surface area contributed by atoms with E-state index in [1.165, 1.54) is 7.11 Å². The van der Waals surface area contributed by atoms with Gasteiger partial charge in [0.05, 0.1) is 16.4 Å². The van der Waals surface area contributed by atoms with Crippen LogP contribution in [0.15, 0.2) is 4.79 Å². The molecule has 0 saturated carbocycles. The highest BCUT2D eigenvalue weighted by Gasteiger charge is 2.16. The van der Waals surface area contributed by atoms with Crippen molar-refractivity contribution in [3.63, 3.8) is 0 Å². The van der Waals surface area contributed by atoms with Crippen molar-refractivity contribution in [1.29, 1.82) is 0 Å². The smallest absolute Gasteiger partial charge is 0.374 e. The van der Waals surface area contributed by atoms with Gasteiger partial charge >= 0.3 is 5.97 Å². The summed E-state index contributed by atoms with van der Waals surface area (Å²) in [6, 6.07) is 0. The number of nitrogens with zero attached hydrogens (tertiary/aromatic N) is 1. The minimum Gasteiger partial charge on any atom is -0.463 e. The predicted molar refractivity (Wildman–Crippen MR) is 63.0 cm³/mol. The highest BCUT2D eigenvalue weighted by atomic mass is 127. The van der Waals surface area contributed by atoms with E-state index in [0.717, 1.165) is 0 Å². The fraction of sp³-hybridized carbons (Fsp3) is 0.444. The van der Waals surface area contributed by atoms with Gasteiger partial charge in [-0.2, -0.15) is 0 Å². The maximum atomic E-state index is 11.5. The van der Waals surface area contributed by atoms with Crippen molar-refractivity contribution in [2.75, 3.05) is 7.11 Å². The Hall–Kier alpha value is -0.920. The van der Waals surface area contributed by atoms with Gasteiger partial charge in [0.2, 0.25) is 5.82 Å². The predicted octanol–water partition coefficient (Wildman–Crippen LogP) is 1.28. The fourth-order valence-corrected chi connectivity index (χ4v) is 1.93. The molecular formula is C9H11IN2O3. The number of esters is 1. The van der Waals surface area contributed by atoms with Crippen LogP contribution in [0.25, 0.3) is 0 Å². The molecule has 0 saturated heterocycles. The number of carbonyl (C=O) groups excluding carboxylic acids is 1. The van der Waals surface area contributed by atoms with Gasteiger partial charge in [-0.05, 0) is 28.5 Å². The third-order valence-electron chi connectivity index (χ3n) is 1.81. The zero-order chi connectivity index (χ0) is 11.6. The number of hydrogen-bond donors (Lipinski definition) is 1. The summed E-state index contributed by atoms with van der Waals surface area (Å²) in [5.74, 6) is -0.598. The molecule has 0 aliphatic carbocycles. The van der Waals surface area contributed by atoms with E-state index in [2.05, 4.69) is 14.7 Å². The second-order valence-corrected chi connectivity index (χ2v) is 4.34. The first-order valence-electron chi connectivity index (χ1n) is 4.35. The lowest BCUT2D eigenvalue weighted by molar-refractivity contribution is 0.0585. The number of ether oxygens (including phenoxy) is 1. The average molecular weight is 322 g/mol. The van der Waals surface area contributed by atoms with E-state index >= 15 is 0 Å². The first kappa shape index (κ1) is 12.2. The Balaban J connectivity index is 3.36. The van der Waals surface area contributed by atoms with Gasteiger partial charge in [0.1, 0.15) is 0 Å². The number of methoxy groups -OCH3 is 1. The van der Waals surface area contributed by atoms with Crippen LogP contribution in [0.1, 0.15) is 36.1 Å². The van der Waals surface area contributed by atoms with Gasteiger partial charge in [-0.3, -0.25) is 9.78 Å². The third kappa shape index (κ3) is 2.55. The number of aromatic nitrogens is 2. The second kappa shape index (κ2) is 4.73. The van der Waals surface area contributed by atoms with E-state index in [1.807, 2.05) is 36.4 Å². The molecule has 82 valence electrons. The number of nitrogens with one attached hydrogen (secondary N) is 1. The van der Waals surface area contributed by atoms with E-state index in [4.69, 9.17) is 0 Å². The number of rotatable bonds is 2. The monoisotopic (exact) mass is 322 g/mol. The van der Waals surface area contributed by atoms with Crippen LogP contribution >= 0.6 is 22.6 Å². The Kier molecular flexibility index (Phi) is 3.83. The summed E-state index contributed by atoms with van der Waals surface area (Å²) in [5, 5.41) is 0. The van der Waals surface area contributed by atoms with Crippen LogP contribution in [-0.4, -0.2) is 23.0 Å². The molecular weight excluding hydrogens is 311 g/mol. The molecule has 1 N–H and O–H groups in total. The maximum Gasteiger partial charge on any atom is 0.374 e. The van der Waals surface area contributed by atoms with Gasteiger partial charge in [0.15, 0.2) is 0 Å². The molecule has 1 aromatic rings. The molecule has 0 fully saturated rings. The molecule has 0 spiro atoms.